The molecule has 0 aliphatic carbocycles. The number of nitrogens with one attached hydrogen (secondary N) is 2. The largest absolute Gasteiger partial charge is 0.463 e. The highest BCUT2D eigenvalue weighted by Crippen LogP contribution is 2.35. The average molecular weight is 963 g/mol. The predicted molar refractivity (Wildman–Crippen MR) is 225 cm³/mol. The molecular weight excluding hydrogens is 896 g/mol. The number of carbonyl (C=O) groups is 8. The second kappa shape index (κ2) is 32.7. The first-order chi connectivity index (χ1) is 31.9. The van der Waals surface area contributed by atoms with E-state index in [-0.39, 0.29) is 32.3 Å². The maximum atomic E-state index is 12.7. The van der Waals surface area contributed by atoms with E-state index in [1.54, 1.807) is 0 Å². The fourth-order valence-corrected chi connectivity index (χ4v) is 6.63. The van der Waals surface area contributed by atoms with Crippen LogP contribution in [0.15, 0.2) is 0 Å². The molecule has 380 valence electrons. The van der Waals surface area contributed by atoms with Crippen LogP contribution in [-0.4, -0.2) is 188 Å². The number of hydrogen-bond acceptors (Lipinski definition) is 22. The summed E-state index contributed by atoms with van der Waals surface area (Å²) in [4.78, 5) is 98.6. The van der Waals surface area contributed by atoms with E-state index in [4.69, 9.17) is 72.7 Å². The summed E-state index contributed by atoms with van der Waals surface area (Å²) in [6.07, 6.45) is -6.11. The van der Waals surface area contributed by atoms with Gasteiger partial charge in [-0.15, -0.1) is 6.42 Å². The Bertz CT molecular complexity index is 1620. The standard InChI is InChI=1S/C43H66N2O22/c1-9-15-54-17-18-55-19-20-56-21-22-57-25-35(53)44-14-12-10-11-13-16-58-42-36(45-26(2)46)39(62-30(6)50)37(33(65-42)23-59-27(3)47)67-43-41(64-32(8)52)40(63-31(7)51)38(61-29(5)49)34(66-43)24-60-28(4)48/h1,33-34,36-43H,10-25H2,2-8H3,(H,44,53)(H,45,46)/t33?,34?,36-,37+,38-,39?,40?,41-,42+,43-/m0/s1. The third kappa shape index (κ3) is 24.0. The zero-order valence-electron chi connectivity index (χ0n) is 39.1. The monoisotopic (exact) mass is 962 g/mol. The number of hydrogen-bond donors (Lipinski definition) is 2. The quantitative estimate of drug-likeness (QED) is 0.0386. The Morgan fingerprint density at radius 2 is 1.01 bits per heavy atom. The number of carbonyl (C=O) groups excluding carboxylic acids is 8. The Hall–Kier alpha value is -5.00. The highest BCUT2D eigenvalue weighted by molar-refractivity contribution is 5.77. The zero-order valence-corrected chi connectivity index (χ0v) is 39.1. The van der Waals surface area contributed by atoms with E-state index in [0.29, 0.717) is 65.3 Å². The lowest BCUT2D eigenvalue weighted by molar-refractivity contribution is -0.350. The maximum Gasteiger partial charge on any atom is 0.303 e. The number of terminal acetylenes is 1. The normalized spacial score (nSPS) is 24.5. The first-order valence-electron chi connectivity index (χ1n) is 21.7. The second-order valence-corrected chi connectivity index (χ2v) is 15.0. The Balaban J connectivity index is 2.14. The summed E-state index contributed by atoms with van der Waals surface area (Å²) in [6.45, 7) is 9.24. The molecular formula is C43H66N2O22. The van der Waals surface area contributed by atoms with E-state index in [0.717, 1.165) is 41.5 Å². The molecule has 2 heterocycles. The van der Waals surface area contributed by atoms with E-state index >= 15 is 0 Å². The molecule has 0 radical (unpaired) electrons. The van der Waals surface area contributed by atoms with Gasteiger partial charge in [0.05, 0.1) is 39.6 Å². The van der Waals surface area contributed by atoms with Crippen LogP contribution < -0.4 is 10.6 Å². The van der Waals surface area contributed by atoms with Gasteiger partial charge in [-0.05, 0) is 12.8 Å². The van der Waals surface area contributed by atoms with Gasteiger partial charge in [-0.25, -0.2) is 0 Å². The molecule has 2 amide bonds. The molecule has 24 nitrogen and oxygen atoms in total. The summed E-state index contributed by atoms with van der Waals surface area (Å²) in [5.41, 5.74) is 0. The highest BCUT2D eigenvalue weighted by Gasteiger charge is 2.57. The molecule has 2 fully saturated rings. The van der Waals surface area contributed by atoms with Crippen molar-refractivity contribution in [2.24, 2.45) is 0 Å². The minimum atomic E-state index is -1.78. The third-order valence-corrected chi connectivity index (χ3v) is 9.22. The minimum Gasteiger partial charge on any atom is -0.463 e. The number of rotatable bonds is 31. The van der Waals surface area contributed by atoms with Crippen molar-refractivity contribution in [3.8, 4) is 12.3 Å². The smallest absolute Gasteiger partial charge is 0.303 e. The predicted octanol–water partition coefficient (Wildman–Crippen LogP) is -0.428. The highest BCUT2D eigenvalue weighted by atomic mass is 16.8. The molecule has 0 bridgehead atoms. The van der Waals surface area contributed by atoms with Crippen LogP contribution in [0.5, 0.6) is 0 Å². The number of amides is 2. The molecule has 2 saturated heterocycles. The van der Waals surface area contributed by atoms with E-state index in [2.05, 4.69) is 16.6 Å². The van der Waals surface area contributed by atoms with Crippen molar-refractivity contribution in [2.75, 3.05) is 79.2 Å². The van der Waals surface area contributed by atoms with Crippen molar-refractivity contribution < 1.29 is 105 Å². The molecule has 0 aromatic heterocycles. The number of ether oxygens (including phenoxy) is 14. The number of esters is 6. The van der Waals surface area contributed by atoms with Crippen LogP contribution in [0.1, 0.15) is 74.1 Å². The van der Waals surface area contributed by atoms with Crippen LogP contribution in [0.4, 0.5) is 0 Å². The first kappa shape index (κ1) is 58.1. The molecule has 2 aliphatic heterocycles. The lowest BCUT2D eigenvalue weighted by Gasteiger charge is -2.49. The summed E-state index contributed by atoms with van der Waals surface area (Å²) in [6, 6.07) is -1.28. The summed E-state index contributed by atoms with van der Waals surface area (Å²) < 4.78 is 78.7. The van der Waals surface area contributed by atoms with Crippen molar-refractivity contribution >= 4 is 47.6 Å². The van der Waals surface area contributed by atoms with Crippen LogP contribution >= 0.6 is 0 Å². The summed E-state index contributed by atoms with van der Waals surface area (Å²) in [7, 11) is 0. The third-order valence-electron chi connectivity index (χ3n) is 9.22. The molecule has 67 heavy (non-hydrogen) atoms. The number of unbranched alkanes of at least 4 members (excludes halogenated alkanes) is 3. The van der Waals surface area contributed by atoms with Crippen LogP contribution in [-0.2, 0) is 105 Å². The van der Waals surface area contributed by atoms with Crippen molar-refractivity contribution in [2.45, 2.75) is 135 Å². The molecule has 0 saturated carbocycles. The molecule has 0 aromatic rings. The minimum absolute atomic E-state index is 0.0777. The Morgan fingerprint density at radius 3 is 1.57 bits per heavy atom. The van der Waals surface area contributed by atoms with Crippen molar-refractivity contribution in [3.05, 3.63) is 0 Å². The van der Waals surface area contributed by atoms with Crippen LogP contribution in [0.2, 0.25) is 0 Å². The van der Waals surface area contributed by atoms with Gasteiger partial charge in [-0.3, -0.25) is 38.4 Å². The lowest BCUT2D eigenvalue weighted by Crippen LogP contribution is -2.69. The molecule has 0 spiro atoms. The van der Waals surface area contributed by atoms with Crippen molar-refractivity contribution in [1.82, 2.24) is 10.6 Å². The van der Waals surface area contributed by atoms with Gasteiger partial charge in [0.1, 0.15) is 50.8 Å². The second-order valence-electron chi connectivity index (χ2n) is 15.0. The van der Waals surface area contributed by atoms with Crippen LogP contribution in [0.25, 0.3) is 0 Å². The fraction of sp³-hybridized carbons (Fsp3) is 0.767. The van der Waals surface area contributed by atoms with E-state index in [1.165, 1.54) is 6.92 Å². The van der Waals surface area contributed by atoms with Gasteiger partial charge >= 0.3 is 35.8 Å². The zero-order chi connectivity index (χ0) is 49.7. The van der Waals surface area contributed by atoms with Gasteiger partial charge in [0.15, 0.2) is 37.0 Å². The topological polar surface area (TPSA) is 290 Å². The first-order valence-corrected chi connectivity index (χ1v) is 21.7. The van der Waals surface area contributed by atoms with Crippen molar-refractivity contribution in [1.29, 1.82) is 0 Å². The van der Waals surface area contributed by atoms with Gasteiger partial charge in [-0.1, -0.05) is 18.8 Å². The lowest BCUT2D eigenvalue weighted by atomic mass is 9.94. The van der Waals surface area contributed by atoms with E-state index in [9.17, 15) is 38.4 Å². The van der Waals surface area contributed by atoms with Crippen LogP contribution in [0, 0.1) is 12.3 Å². The van der Waals surface area contributed by atoms with Gasteiger partial charge < -0.3 is 76.9 Å². The van der Waals surface area contributed by atoms with Crippen LogP contribution in [0.3, 0.4) is 0 Å². The summed E-state index contributed by atoms with van der Waals surface area (Å²) in [5, 5.41) is 5.46. The van der Waals surface area contributed by atoms with Crippen molar-refractivity contribution in [3.63, 3.8) is 0 Å². The average Bonchev–Trinajstić information content (AvgIpc) is 3.23. The van der Waals surface area contributed by atoms with E-state index < -0.39 is 116 Å². The Labute approximate surface area is 389 Å². The molecule has 2 rings (SSSR count). The van der Waals surface area contributed by atoms with Gasteiger partial charge in [0.25, 0.3) is 0 Å². The van der Waals surface area contributed by atoms with Gasteiger partial charge in [0, 0.05) is 61.6 Å². The SMILES string of the molecule is C#CCOCCOCCOCCOCC(=O)NCCCCCCO[C@@H]1OC(COC(C)=O)[C@@H](O[C@@H]2OC(COC(C)=O)[C@H](OC(C)=O)C(OC(C)=O)[C@@H]2OC(C)=O)C(OC(C)=O)[C@@H]1NC(C)=O. The molecule has 24 heteroatoms. The summed E-state index contributed by atoms with van der Waals surface area (Å²) in [5.74, 6) is -3.50. The Morgan fingerprint density at radius 1 is 0.522 bits per heavy atom. The van der Waals surface area contributed by atoms with Gasteiger partial charge in [0.2, 0.25) is 11.8 Å². The maximum absolute atomic E-state index is 12.7. The molecule has 4 unspecified atom stereocenters. The van der Waals surface area contributed by atoms with Gasteiger partial charge in [-0.2, -0.15) is 0 Å². The molecule has 10 atom stereocenters. The molecule has 0 aromatic carbocycles. The fourth-order valence-electron chi connectivity index (χ4n) is 6.63. The van der Waals surface area contributed by atoms with E-state index in [1.807, 2.05) is 0 Å². The Kier molecular flexibility index (Phi) is 28.3. The molecule has 2 aliphatic rings. The summed E-state index contributed by atoms with van der Waals surface area (Å²) >= 11 is 0. The molecule has 2 N–H and O–H groups in total.